The number of nitrogens with one attached hydrogen (secondary N) is 1. The van der Waals surface area contributed by atoms with Crippen molar-refractivity contribution in [2.24, 2.45) is 0 Å². The van der Waals surface area contributed by atoms with Crippen molar-refractivity contribution in [1.82, 2.24) is 0 Å². The van der Waals surface area contributed by atoms with Gasteiger partial charge in [0.1, 0.15) is 11.2 Å². The molecular weight excluding hydrogens is 310 g/mol. The van der Waals surface area contributed by atoms with Gasteiger partial charge in [-0.15, -0.1) is 0 Å². The molecule has 1 heterocycles. The molecule has 3 aromatic carbocycles. The number of benzene rings is 3. The van der Waals surface area contributed by atoms with Crippen molar-refractivity contribution in [3.05, 3.63) is 72.8 Å². The normalized spacial score (nSPS) is 11.8. The molecule has 0 saturated heterocycles. The monoisotopic (exact) mass is 323 g/mol. The molecular formula is C18H13NO3S. The first-order valence-electron chi connectivity index (χ1n) is 7.13. The van der Waals surface area contributed by atoms with Gasteiger partial charge in [0.15, 0.2) is 0 Å². The molecule has 0 radical (unpaired) electrons. The number of fused-ring (bicyclic) bond motifs is 3. The molecule has 0 atom stereocenters. The van der Waals surface area contributed by atoms with E-state index in [4.69, 9.17) is 4.42 Å². The van der Waals surface area contributed by atoms with Crippen molar-refractivity contribution in [2.45, 2.75) is 4.90 Å². The fourth-order valence-corrected chi connectivity index (χ4v) is 3.68. The van der Waals surface area contributed by atoms with Gasteiger partial charge in [-0.2, -0.15) is 0 Å². The molecule has 0 aliphatic heterocycles. The van der Waals surface area contributed by atoms with Crippen LogP contribution in [0.15, 0.2) is 82.1 Å². The van der Waals surface area contributed by atoms with Gasteiger partial charge in [-0.3, -0.25) is 4.72 Å². The van der Waals surface area contributed by atoms with Gasteiger partial charge in [-0.05, 0) is 36.4 Å². The molecule has 0 unspecified atom stereocenters. The highest BCUT2D eigenvalue weighted by molar-refractivity contribution is 7.92. The zero-order valence-electron chi connectivity index (χ0n) is 12.1. The minimum absolute atomic E-state index is 0.209. The summed E-state index contributed by atoms with van der Waals surface area (Å²) in [7, 11) is -3.64. The topological polar surface area (TPSA) is 59.3 Å². The highest BCUT2D eigenvalue weighted by atomic mass is 32.2. The van der Waals surface area contributed by atoms with Crippen molar-refractivity contribution in [2.75, 3.05) is 4.72 Å². The van der Waals surface area contributed by atoms with Gasteiger partial charge in [0.25, 0.3) is 10.0 Å². The lowest BCUT2D eigenvalue weighted by atomic mass is 10.1. The molecule has 0 saturated carbocycles. The summed E-state index contributed by atoms with van der Waals surface area (Å²) in [4.78, 5) is 0.209. The van der Waals surface area contributed by atoms with E-state index in [9.17, 15) is 8.42 Å². The summed E-state index contributed by atoms with van der Waals surface area (Å²) in [5.74, 6) is 0. The fourth-order valence-electron chi connectivity index (χ4n) is 2.59. The molecule has 0 spiro atoms. The van der Waals surface area contributed by atoms with Crippen LogP contribution in [0.2, 0.25) is 0 Å². The van der Waals surface area contributed by atoms with E-state index in [-0.39, 0.29) is 4.90 Å². The summed E-state index contributed by atoms with van der Waals surface area (Å²) in [6.45, 7) is 0. The first-order valence-corrected chi connectivity index (χ1v) is 8.61. The minimum Gasteiger partial charge on any atom is -0.456 e. The summed E-state index contributed by atoms with van der Waals surface area (Å²) in [5, 5.41) is 1.69. The molecule has 0 aliphatic rings. The Hall–Kier alpha value is -2.79. The first-order chi connectivity index (χ1) is 11.1. The van der Waals surface area contributed by atoms with Crippen LogP contribution in [-0.4, -0.2) is 8.42 Å². The van der Waals surface area contributed by atoms with Gasteiger partial charge in [0.2, 0.25) is 0 Å². The largest absolute Gasteiger partial charge is 0.456 e. The van der Waals surface area contributed by atoms with Crippen LogP contribution in [-0.2, 0) is 10.0 Å². The fraction of sp³-hybridized carbons (Fsp3) is 0. The molecule has 23 heavy (non-hydrogen) atoms. The Morgan fingerprint density at radius 1 is 0.739 bits per heavy atom. The first kappa shape index (κ1) is 13.8. The highest BCUT2D eigenvalue weighted by Gasteiger charge is 2.16. The van der Waals surface area contributed by atoms with E-state index in [1.165, 1.54) is 0 Å². The second-order valence-electron chi connectivity index (χ2n) is 5.23. The number of sulfonamides is 1. The number of para-hydroxylation sites is 2. The Morgan fingerprint density at radius 2 is 1.43 bits per heavy atom. The smallest absolute Gasteiger partial charge is 0.261 e. The van der Waals surface area contributed by atoms with E-state index < -0.39 is 10.0 Å². The van der Waals surface area contributed by atoms with Crippen molar-refractivity contribution >= 4 is 37.6 Å². The van der Waals surface area contributed by atoms with Crippen molar-refractivity contribution in [1.29, 1.82) is 0 Å². The number of hydrogen-bond donors (Lipinski definition) is 1. The Kier molecular flexibility index (Phi) is 3.09. The summed E-state index contributed by atoms with van der Waals surface area (Å²) in [5.41, 5.74) is 1.95. The predicted octanol–water partition coefficient (Wildman–Crippen LogP) is 4.39. The van der Waals surface area contributed by atoms with Crippen LogP contribution in [0, 0.1) is 0 Å². The maximum Gasteiger partial charge on any atom is 0.261 e. The third-order valence-electron chi connectivity index (χ3n) is 3.68. The zero-order chi connectivity index (χ0) is 15.9. The number of furan rings is 1. The summed E-state index contributed by atoms with van der Waals surface area (Å²) < 4.78 is 33.4. The molecule has 4 aromatic rings. The molecule has 1 aromatic heterocycles. The zero-order valence-corrected chi connectivity index (χ0v) is 12.9. The van der Waals surface area contributed by atoms with Crippen LogP contribution in [0.3, 0.4) is 0 Å². The van der Waals surface area contributed by atoms with Crippen molar-refractivity contribution in [3.8, 4) is 0 Å². The molecule has 0 aliphatic carbocycles. The standard InChI is InChI=1S/C18H13NO3S/c20-23(21,19-13-6-2-1-3-7-13)14-10-11-18-16(12-14)15-8-4-5-9-17(15)22-18/h1-12,19H. The Bertz CT molecular complexity index is 1100. The lowest BCUT2D eigenvalue weighted by Gasteiger charge is -2.07. The summed E-state index contributed by atoms with van der Waals surface area (Å²) >= 11 is 0. The predicted molar refractivity (Wildman–Crippen MR) is 91.0 cm³/mol. The number of rotatable bonds is 3. The van der Waals surface area contributed by atoms with Crippen LogP contribution in [0.25, 0.3) is 21.9 Å². The number of anilines is 1. The third kappa shape index (κ3) is 2.45. The van der Waals surface area contributed by atoms with Crippen molar-refractivity contribution in [3.63, 3.8) is 0 Å². The Morgan fingerprint density at radius 3 is 2.26 bits per heavy atom. The van der Waals surface area contributed by atoms with Crippen LogP contribution in [0.1, 0.15) is 0 Å². The van der Waals surface area contributed by atoms with Crippen LogP contribution in [0.5, 0.6) is 0 Å². The summed E-state index contributed by atoms with van der Waals surface area (Å²) in [6.07, 6.45) is 0. The van der Waals surface area contributed by atoms with E-state index in [0.717, 1.165) is 16.4 Å². The molecule has 4 rings (SSSR count). The van der Waals surface area contributed by atoms with Gasteiger partial charge in [-0.1, -0.05) is 36.4 Å². The SMILES string of the molecule is O=S(=O)(Nc1ccccc1)c1ccc2oc3ccccc3c2c1. The quantitative estimate of drug-likeness (QED) is 0.608. The molecule has 0 amide bonds. The van der Waals surface area contributed by atoms with Gasteiger partial charge < -0.3 is 4.42 Å². The van der Waals surface area contributed by atoms with E-state index in [2.05, 4.69) is 4.72 Å². The van der Waals surface area contributed by atoms with E-state index >= 15 is 0 Å². The molecule has 0 fully saturated rings. The van der Waals surface area contributed by atoms with Gasteiger partial charge in [0, 0.05) is 16.5 Å². The van der Waals surface area contributed by atoms with Crippen LogP contribution in [0.4, 0.5) is 5.69 Å². The van der Waals surface area contributed by atoms with E-state index in [1.807, 2.05) is 30.3 Å². The summed E-state index contributed by atoms with van der Waals surface area (Å²) in [6, 6.07) is 21.3. The lowest BCUT2D eigenvalue weighted by Crippen LogP contribution is -2.12. The maximum absolute atomic E-state index is 12.6. The highest BCUT2D eigenvalue weighted by Crippen LogP contribution is 2.30. The molecule has 1 N–H and O–H groups in total. The second kappa shape index (κ2) is 5.14. The average molecular weight is 323 g/mol. The molecule has 114 valence electrons. The average Bonchev–Trinajstić information content (AvgIpc) is 2.93. The molecule has 4 nitrogen and oxygen atoms in total. The third-order valence-corrected chi connectivity index (χ3v) is 5.06. The number of hydrogen-bond acceptors (Lipinski definition) is 3. The lowest BCUT2D eigenvalue weighted by molar-refractivity contribution is 0.601. The van der Waals surface area contributed by atoms with Gasteiger partial charge in [-0.25, -0.2) is 8.42 Å². The molecule has 5 heteroatoms. The van der Waals surface area contributed by atoms with E-state index in [1.54, 1.807) is 42.5 Å². The van der Waals surface area contributed by atoms with E-state index in [0.29, 0.717) is 11.3 Å². The Balaban J connectivity index is 1.83. The van der Waals surface area contributed by atoms with Crippen LogP contribution >= 0.6 is 0 Å². The van der Waals surface area contributed by atoms with Crippen molar-refractivity contribution < 1.29 is 12.8 Å². The maximum atomic E-state index is 12.6. The Labute approximate surface area is 133 Å². The van der Waals surface area contributed by atoms with Gasteiger partial charge >= 0.3 is 0 Å². The minimum atomic E-state index is -3.64. The molecule has 0 bridgehead atoms. The van der Waals surface area contributed by atoms with Gasteiger partial charge in [0.05, 0.1) is 4.90 Å². The van der Waals surface area contributed by atoms with Crippen LogP contribution < -0.4 is 4.72 Å². The second-order valence-corrected chi connectivity index (χ2v) is 6.91.